The zero-order valence-electron chi connectivity index (χ0n) is 6.42. The Labute approximate surface area is 79.6 Å². The van der Waals surface area contributed by atoms with Crippen LogP contribution in [0.1, 0.15) is 12.0 Å². The van der Waals surface area contributed by atoms with Crippen LogP contribution in [0.15, 0.2) is 22.7 Å². The van der Waals surface area contributed by atoms with Crippen LogP contribution in [-0.2, 0) is 6.42 Å². The second kappa shape index (κ2) is 4.13. The lowest BCUT2D eigenvalue weighted by atomic mass is 10.1. The van der Waals surface area contributed by atoms with E-state index in [0.29, 0.717) is 17.3 Å². The van der Waals surface area contributed by atoms with Crippen LogP contribution in [0.25, 0.3) is 0 Å². The van der Waals surface area contributed by atoms with Crippen molar-refractivity contribution in [1.82, 2.24) is 0 Å². The first-order valence-corrected chi connectivity index (χ1v) is 4.38. The average Bonchev–Trinajstić information content (AvgIpc) is 2.08. The van der Waals surface area contributed by atoms with Gasteiger partial charge in [0.25, 0.3) is 0 Å². The number of hydrogen-bond donors (Lipinski definition) is 1. The van der Waals surface area contributed by atoms with Gasteiger partial charge in [-0.2, -0.15) is 5.26 Å². The van der Waals surface area contributed by atoms with Crippen molar-refractivity contribution >= 4 is 15.9 Å². The fourth-order valence-electron chi connectivity index (χ4n) is 0.952. The molecule has 0 amide bonds. The highest BCUT2D eigenvalue weighted by molar-refractivity contribution is 9.10. The molecule has 12 heavy (non-hydrogen) atoms. The van der Waals surface area contributed by atoms with Crippen LogP contribution < -0.4 is 0 Å². The molecule has 2 nitrogen and oxygen atoms in total. The molecule has 0 atom stereocenters. The Morgan fingerprint density at radius 2 is 2.25 bits per heavy atom. The Bertz CT molecular complexity index is 317. The molecule has 0 unspecified atom stereocenters. The van der Waals surface area contributed by atoms with Crippen molar-refractivity contribution in [3.8, 4) is 11.8 Å². The zero-order valence-corrected chi connectivity index (χ0v) is 8.00. The number of halogens is 1. The SMILES string of the molecule is N#CCCc1cccc(Br)c1O. The standard InChI is InChI=1S/C9H8BrNO/c10-8-5-1-3-7(9(8)12)4-2-6-11/h1,3,5,12H,2,4H2. The molecule has 1 N–H and O–H groups in total. The van der Waals surface area contributed by atoms with E-state index >= 15 is 0 Å². The van der Waals surface area contributed by atoms with E-state index in [1.807, 2.05) is 18.2 Å². The summed E-state index contributed by atoms with van der Waals surface area (Å²) in [4.78, 5) is 0. The summed E-state index contributed by atoms with van der Waals surface area (Å²) in [6.45, 7) is 0. The minimum absolute atomic E-state index is 0.243. The molecule has 0 bridgehead atoms. The lowest BCUT2D eigenvalue weighted by Crippen LogP contribution is -1.84. The molecule has 0 heterocycles. The first-order valence-electron chi connectivity index (χ1n) is 3.59. The van der Waals surface area contributed by atoms with E-state index < -0.39 is 0 Å². The molecule has 62 valence electrons. The summed E-state index contributed by atoms with van der Waals surface area (Å²) in [5.41, 5.74) is 0.811. The van der Waals surface area contributed by atoms with Crippen molar-refractivity contribution in [1.29, 1.82) is 5.26 Å². The van der Waals surface area contributed by atoms with E-state index in [4.69, 9.17) is 5.26 Å². The van der Waals surface area contributed by atoms with E-state index in [9.17, 15) is 5.11 Å². The van der Waals surface area contributed by atoms with Gasteiger partial charge >= 0.3 is 0 Å². The van der Waals surface area contributed by atoms with Crippen LogP contribution in [-0.4, -0.2) is 5.11 Å². The quantitative estimate of drug-likeness (QED) is 0.842. The lowest BCUT2D eigenvalue weighted by Gasteiger charge is -2.02. The third-order valence-electron chi connectivity index (χ3n) is 1.58. The Hall–Kier alpha value is -1.01. The number of benzene rings is 1. The van der Waals surface area contributed by atoms with E-state index in [1.165, 1.54) is 0 Å². The average molecular weight is 226 g/mol. The van der Waals surface area contributed by atoms with Crippen molar-refractivity contribution in [3.63, 3.8) is 0 Å². The molecule has 0 radical (unpaired) electrons. The van der Waals surface area contributed by atoms with Gasteiger partial charge in [-0.3, -0.25) is 0 Å². The van der Waals surface area contributed by atoms with Gasteiger partial charge in [0.2, 0.25) is 0 Å². The van der Waals surface area contributed by atoms with Gasteiger partial charge in [-0.05, 0) is 34.0 Å². The maximum absolute atomic E-state index is 9.47. The summed E-state index contributed by atoms with van der Waals surface area (Å²) in [6.07, 6.45) is 1.03. The summed E-state index contributed by atoms with van der Waals surface area (Å²) in [5.74, 6) is 0.243. The lowest BCUT2D eigenvalue weighted by molar-refractivity contribution is 0.465. The van der Waals surface area contributed by atoms with E-state index in [-0.39, 0.29) is 5.75 Å². The minimum Gasteiger partial charge on any atom is -0.506 e. The van der Waals surface area contributed by atoms with Gasteiger partial charge in [-0.25, -0.2) is 0 Å². The molecule has 0 spiro atoms. The maximum atomic E-state index is 9.47. The highest BCUT2D eigenvalue weighted by atomic mass is 79.9. The van der Waals surface area contributed by atoms with Gasteiger partial charge in [0, 0.05) is 6.42 Å². The van der Waals surface area contributed by atoms with Gasteiger partial charge in [0.15, 0.2) is 0 Å². The smallest absolute Gasteiger partial charge is 0.132 e. The predicted octanol–water partition coefficient (Wildman–Crippen LogP) is 2.61. The van der Waals surface area contributed by atoms with Gasteiger partial charge in [-0.15, -0.1) is 0 Å². The maximum Gasteiger partial charge on any atom is 0.132 e. The van der Waals surface area contributed by atoms with Crippen molar-refractivity contribution < 1.29 is 5.11 Å². The van der Waals surface area contributed by atoms with E-state index in [2.05, 4.69) is 15.9 Å². The Morgan fingerprint density at radius 1 is 1.50 bits per heavy atom. The highest BCUT2D eigenvalue weighted by Crippen LogP contribution is 2.27. The molecule has 0 saturated carbocycles. The Morgan fingerprint density at radius 3 is 2.92 bits per heavy atom. The topological polar surface area (TPSA) is 44.0 Å². The molecule has 0 aromatic heterocycles. The molecular weight excluding hydrogens is 218 g/mol. The van der Waals surface area contributed by atoms with E-state index in [1.54, 1.807) is 6.07 Å². The number of nitriles is 1. The minimum atomic E-state index is 0.243. The monoisotopic (exact) mass is 225 g/mol. The van der Waals surface area contributed by atoms with E-state index in [0.717, 1.165) is 5.56 Å². The van der Waals surface area contributed by atoms with Crippen molar-refractivity contribution in [3.05, 3.63) is 28.2 Å². The van der Waals surface area contributed by atoms with Crippen LogP contribution in [0.3, 0.4) is 0 Å². The molecule has 1 aromatic carbocycles. The van der Waals surface area contributed by atoms with Crippen LogP contribution in [0.5, 0.6) is 5.75 Å². The zero-order chi connectivity index (χ0) is 8.97. The van der Waals surface area contributed by atoms with Crippen LogP contribution >= 0.6 is 15.9 Å². The van der Waals surface area contributed by atoms with Gasteiger partial charge < -0.3 is 5.11 Å². The molecule has 3 heteroatoms. The number of aromatic hydroxyl groups is 1. The Balaban J connectivity index is 2.86. The third-order valence-corrected chi connectivity index (χ3v) is 2.22. The van der Waals surface area contributed by atoms with Gasteiger partial charge in [0.1, 0.15) is 5.75 Å². The number of aryl methyl sites for hydroxylation is 1. The summed E-state index contributed by atoms with van der Waals surface area (Å²) in [6, 6.07) is 7.47. The van der Waals surface area contributed by atoms with Crippen LogP contribution in [0, 0.1) is 11.3 Å². The number of nitrogens with zero attached hydrogens (tertiary/aromatic N) is 1. The number of phenols is 1. The third kappa shape index (κ3) is 1.99. The molecule has 0 fully saturated rings. The van der Waals surface area contributed by atoms with Crippen molar-refractivity contribution in [2.45, 2.75) is 12.8 Å². The summed E-state index contributed by atoms with van der Waals surface area (Å²) in [7, 11) is 0. The second-order valence-electron chi connectivity index (χ2n) is 2.41. The number of para-hydroxylation sites is 1. The predicted molar refractivity (Wildman–Crippen MR) is 49.7 cm³/mol. The Kier molecular flexibility index (Phi) is 3.12. The first-order chi connectivity index (χ1) is 5.75. The fourth-order valence-corrected chi connectivity index (χ4v) is 1.36. The van der Waals surface area contributed by atoms with Gasteiger partial charge in [0.05, 0.1) is 10.5 Å². The normalized spacial score (nSPS) is 9.33. The molecule has 0 aliphatic heterocycles. The molecule has 0 aliphatic carbocycles. The largest absolute Gasteiger partial charge is 0.506 e. The molecular formula is C9H8BrNO. The number of rotatable bonds is 2. The molecule has 0 aliphatic rings. The van der Waals surface area contributed by atoms with Gasteiger partial charge in [-0.1, -0.05) is 12.1 Å². The fraction of sp³-hybridized carbons (Fsp3) is 0.222. The molecule has 1 rings (SSSR count). The number of hydrogen-bond acceptors (Lipinski definition) is 2. The highest BCUT2D eigenvalue weighted by Gasteiger charge is 2.02. The molecule has 1 aromatic rings. The first kappa shape index (κ1) is 9.08. The summed E-state index contributed by atoms with van der Waals surface area (Å²) < 4.78 is 0.679. The second-order valence-corrected chi connectivity index (χ2v) is 3.26. The number of phenolic OH excluding ortho intramolecular Hbond substituents is 1. The molecule has 0 saturated heterocycles. The van der Waals surface area contributed by atoms with Crippen LogP contribution in [0.2, 0.25) is 0 Å². The van der Waals surface area contributed by atoms with Crippen LogP contribution in [0.4, 0.5) is 0 Å². The summed E-state index contributed by atoms with van der Waals surface area (Å²) >= 11 is 3.21. The summed E-state index contributed by atoms with van der Waals surface area (Å²) in [5, 5.41) is 17.8. The van der Waals surface area contributed by atoms with Crippen molar-refractivity contribution in [2.75, 3.05) is 0 Å². The van der Waals surface area contributed by atoms with Crippen molar-refractivity contribution in [2.24, 2.45) is 0 Å².